The monoisotopic (exact) mass is 276 g/mol. The molecule has 0 aromatic heterocycles. The number of nitriles is 1. The van der Waals surface area contributed by atoms with Gasteiger partial charge in [0.15, 0.2) is 6.10 Å². The van der Waals surface area contributed by atoms with Gasteiger partial charge in [-0.2, -0.15) is 5.26 Å². The molecule has 0 heterocycles. The molecule has 0 aliphatic carbocycles. The quantitative estimate of drug-likeness (QED) is 0.744. The summed E-state index contributed by atoms with van der Waals surface area (Å²) in [5, 5.41) is 20.8. The van der Waals surface area contributed by atoms with E-state index in [9.17, 15) is 14.7 Å². The Balaban J connectivity index is 2.70. The van der Waals surface area contributed by atoms with Gasteiger partial charge in [-0.3, -0.25) is 4.79 Å². The van der Waals surface area contributed by atoms with Crippen LogP contribution in [-0.4, -0.2) is 30.1 Å². The summed E-state index contributed by atoms with van der Waals surface area (Å²) in [5.74, 6) is -1.35. The highest BCUT2D eigenvalue weighted by molar-refractivity contribution is 5.87. The van der Waals surface area contributed by atoms with Crippen LogP contribution in [0.1, 0.15) is 24.5 Å². The van der Waals surface area contributed by atoms with Crippen molar-refractivity contribution in [1.29, 1.82) is 5.26 Å². The summed E-state index contributed by atoms with van der Waals surface area (Å²) in [5.41, 5.74) is 0.425. The Morgan fingerprint density at radius 2 is 2.05 bits per heavy atom. The number of methoxy groups -OCH3 is 1. The lowest BCUT2D eigenvalue weighted by molar-refractivity contribution is -0.146. The van der Waals surface area contributed by atoms with Crippen LogP contribution in [0.5, 0.6) is 0 Å². The Bertz CT molecular complexity index is 496. The zero-order chi connectivity index (χ0) is 15.0. The highest BCUT2D eigenvalue weighted by Gasteiger charge is 2.25. The molecule has 0 aliphatic rings. The number of carbonyl (C=O) groups is 2. The van der Waals surface area contributed by atoms with Gasteiger partial charge >= 0.3 is 5.97 Å². The molecule has 1 aromatic carbocycles. The van der Waals surface area contributed by atoms with Crippen LogP contribution < -0.4 is 5.32 Å². The second kappa shape index (κ2) is 7.92. The number of rotatable bonds is 6. The van der Waals surface area contributed by atoms with Crippen molar-refractivity contribution in [3.8, 4) is 6.07 Å². The molecular formula is C14H16N2O4. The van der Waals surface area contributed by atoms with Crippen molar-refractivity contribution in [1.82, 2.24) is 5.32 Å². The van der Waals surface area contributed by atoms with Crippen LogP contribution in [0.4, 0.5) is 0 Å². The number of hydrogen-bond acceptors (Lipinski definition) is 5. The number of esters is 1. The summed E-state index contributed by atoms with van der Waals surface area (Å²) in [6.07, 6.45) is -1.14. The molecule has 0 spiro atoms. The standard InChI is InChI=1S/C14H16N2O4/c1-20-14(19)11(8-5-9-15)16-13(18)12(17)10-6-3-2-4-7-10/h2-4,6-7,11-12,17H,5,8H2,1H3,(H,16,18)/t11-,12+/m1/s1. The summed E-state index contributed by atoms with van der Waals surface area (Å²) in [7, 11) is 1.20. The Morgan fingerprint density at radius 1 is 1.40 bits per heavy atom. The Kier molecular flexibility index (Phi) is 6.20. The van der Waals surface area contributed by atoms with Gasteiger partial charge in [0, 0.05) is 6.42 Å². The SMILES string of the molecule is COC(=O)[C@@H](CCC#N)NC(=O)[C@@H](O)c1ccccc1. The first-order valence-electron chi connectivity index (χ1n) is 6.08. The Hall–Kier alpha value is -2.39. The smallest absolute Gasteiger partial charge is 0.328 e. The molecule has 0 bridgehead atoms. The van der Waals surface area contributed by atoms with E-state index in [-0.39, 0.29) is 12.8 Å². The van der Waals surface area contributed by atoms with E-state index in [1.165, 1.54) is 7.11 Å². The molecule has 0 saturated heterocycles. The highest BCUT2D eigenvalue weighted by atomic mass is 16.5. The van der Waals surface area contributed by atoms with Gasteiger partial charge in [-0.1, -0.05) is 30.3 Å². The maximum absolute atomic E-state index is 11.9. The fourth-order valence-corrected chi connectivity index (χ4v) is 1.64. The van der Waals surface area contributed by atoms with Gasteiger partial charge in [-0.25, -0.2) is 4.79 Å². The predicted octanol–water partition coefficient (Wildman–Crippen LogP) is 0.682. The number of nitrogens with zero attached hydrogens (tertiary/aromatic N) is 1. The van der Waals surface area contributed by atoms with E-state index >= 15 is 0 Å². The van der Waals surface area contributed by atoms with Crippen LogP contribution in [0, 0.1) is 11.3 Å². The number of hydrogen-bond donors (Lipinski definition) is 2. The summed E-state index contributed by atoms with van der Waals surface area (Å²) in [6, 6.07) is 9.31. The fraction of sp³-hybridized carbons (Fsp3) is 0.357. The van der Waals surface area contributed by atoms with Crippen LogP contribution in [0.15, 0.2) is 30.3 Å². The van der Waals surface area contributed by atoms with Gasteiger partial charge in [0.2, 0.25) is 0 Å². The first-order chi connectivity index (χ1) is 9.60. The second-order valence-corrected chi connectivity index (χ2v) is 4.09. The van der Waals surface area contributed by atoms with Crippen LogP contribution in [-0.2, 0) is 14.3 Å². The van der Waals surface area contributed by atoms with Crippen LogP contribution in [0.2, 0.25) is 0 Å². The van der Waals surface area contributed by atoms with E-state index in [1.54, 1.807) is 30.3 Å². The minimum absolute atomic E-state index is 0.0987. The molecule has 2 N–H and O–H groups in total. The normalized spacial score (nSPS) is 12.8. The summed E-state index contributed by atoms with van der Waals surface area (Å²) in [4.78, 5) is 23.4. The number of aliphatic hydroxyl groups is 1. The van der Waals surface area contributed by atoms with Crippen molar-refractivity contribution in [3.63, 3.8) is 0 Å². The topological polar surface area (TPSA) is 99.4 Å². The zero-order valence-corrected chi connectivity index (χ0v) is 11.1. The Morgan fingerprint density at radius 3 is 2.60 bits per heavy atom. The zero-order valence-electron chi connectivity index (χ0n) is 11.1. The van der Waals surface area contributed by atoms with E-state index in [2.05, 4.69) is 10.1 Å². The van der Waals surface area contributed by atoms with Crippen molar-refractivity contribution in [3.05, 3.63) is 35.9 Å². The molecule has 0 radical (unpaired) electrons. The number of amides is 1. The fourth-order valence-electron chi connectivity index (χ4n) is 1.64. The lowest BCUT2D eigenvalue weighted by Gasteiger charge is -2.18. The molecule has 2 atom stereocenters. The van der Waals surface area contributed by atoms with Crippen molar-refractivity contribution in [2.45, 2.75) is 25.0 Å². The van der Waals surface area contributed by atoms with E-state index < -0.39 is 24.0 Å². The van der Waals surface area contributed by atoms with Gasteiger partial charge in [0.1, 0.15) is 6.04 Å². The summed E-state index contributed by atoms with van der Waals surface area (Å²) in [6.45, 7) is 0. The molecule has 6 heteroatoms. The van der Waals surface area contributed by atoms with Gasteiger partial charge in [0.25, 0.3) is 5.91 Å². The molecule has 1 aromatic rings. The summed E-state index contributed by atoms with van der Waals surface area (Å²) < 4.78 is 4.55. The molecule has 0 aliphatic heterocycles. The van der Waals surface area contributed by atoms with Crippen molar-refractivity contribution in [2.24, 2.45) is 0 Å². The minimum Gasteiger partial charge on any atom is -0.467 e. The van der Waals surface area contributed by atoms with Gasteiger partial charge in [-0.05, 0) is 12.0 Å². The first kappa shape index (κ1) is 15.7. The minimum atomic E-state index is -1.37. The average Bonchev–Trinajstić information content (AvgIpc) is 2.50. The highest BCUT2D eigenvalue weighted by Crippen LogP contribution is 2.12. The molecular weight excluding hydrogens is 260 g/mol. The molecule has 0 fully saturated rings. The number of aliphatic hydroxyl groups excluding tert-OH is 1. The van der Waals surface area contributed by atoms with Gasteiger partial charge in [0.05, 0.1) is 13.2 Å². The van der Waals surface area contributed by atoms with Crippen LogP contribution in [0.3, 0.4) is 0 Å². The van der Waals surface area contributed by atoms with Crippen molar-refractivity contribution >= 4 is 11.9 Å². The molecule has 106 valence electrons. The van der Waals surface area contributed by atoms with E-state index in [0.717, 1.165) is 0 Å². The third-order valence-electron chi connectivity index (χ3n) is 2.71. The molecule has 6 nitrogen and oxygen atoms in total. The molecule has 0 saturated carbocycles. The average molecular weight is 276 g/mol. The Labute approximate surface area is 117 Å². The molecule has 0 unspecified atom stereocenters. The predicted molar refractivity (Wildman–Crippen MR) is 70.2 cm³/mol. The van der Waals surface area contributed by atoms with Gasteiger partial charge in [-0.15, -0.1) is 0 Å². The lowest BCUT2D eigenvalue weighted by Crippen LogP contribution is -2.43. The largest absolute Gasteiger partial charge is 0.467 e. The number of carbonyl (C=O) groups excluding carboxylic acids is 2. The van der Waals surface area contributed by atoms with Crippen molar-refractivity contribution in [2.75, 3.05) is 7.11 Å². The van der Waals surface area contributed by atoms with Crippen molar-refractivity contribution < 1.29 is 19.4 Å². The number of nitrogens with one attached hydrogen (secondary N) is 1. The van der Waals surface area contributed by atoms with E-state index in [1.807, 2.05) is 6.07 Å². The molecule has 1 amide bonds. The summed E-state index contributed by atoms with van der Waals surface area (Å²) >= 11 is 0. The maximum Gasteiger partial charge on any atom is 0.328 e. The second-order valence-electron chi connectivity index (χ2n) is 4.09. The third-order valence-corrected chi connectivity index (χ3v) is 2.71. The van der Waals surface area contributed by atoms with Crippen LogP contribution in [0.25, 0.3) is 0 Å². The number of benzene rings is 1. The first-order valence-corrected chi connectivity index (χ1v) is 6.08. The molecule has 20 heavy (non-hydrogen) atoms. The van der Waals surface area contributed by atoms with E-state index in [4.69, 9.17) is 5.26 Å². The lowest BCUT2D eigenvalue weighted by atomic mass is 10.1. The van der Waals surface area contributed by atoms with Gasteiger partial charge < -0.3 is 15.2 Å². The van der Waals surface area contributed by atoms with E-state index in [0.29, 0.717) is 5.56 Å². The van der Waals surface area contributed by atoms with Crippen LogP contribution >= 0.6 is 0 Å². The number of ether oxygens (including phenoxy) is 1. The maximum atomic E-state index is 11.9. The molecule has 1 rings (SSSR count). The third kappa shape index (κ3) is 4.37.